The van der Waals surface area contributed by atoms with Crippen molar-refractivity contribution in [3.8, 4) is 0 Å². The molecule has 1 amide bonds. The Hall–Kier alpha value is -0.570. The first-order valence-corrected chi connectivity index (χ1v) is 8.69. The first-order valence-electron chi connectivity index (χ1n) is 8.69. The number of hydrogen-bond acceptors (Lipinski definition) is 2. The molecule has 0 heterocycles. The van der Waals surface area contributed by atoms with Gasteiger partial charge in [0.1, 0.15) is 0 Å². The summed E-state index contributed by atoms with van der Waals surface area (Å²) in [5.74, 6) is 0.972. The zero-order valence-corrected chi connectivity index (χ0v) is 13.2. The smallest absolute Gasteiger partial charge is 0.222 e. The molecule has 2 N–H and O–H groups in total. The fourth-order valence-electron chi connectivity index (χ4n) is 3.94. The molecule has 0 aromatic heterocycles. The number of nitrogens with zero attached hydrogens (tertiary/aromatic N) is 1. The SMILES string of the molecule is CN(C(=O)CC[C@H](N)C1CCCCC1)C1CCCCC1. The molecule has 0 aliphatic heterocycles. The number of carbonyl (C=O) groups excluding carboxylic acids is 1. The maximum Gasteiger partial charge on any atom is 0.222 e. The molecule has 2 rings (SSSR count). The minimum atomic E-state index is 0.235. The normalized spacial score (nSPS) is 23.5. The predicted molar refractivity (Wildman–Crippen MR) is 83.4 cm³/mol. The maximum absolute atomic E-state index is 12.3. The van der Waals surface area contributed by atoms with Crippen LogP contribution in [-0.4, -0.2) is 29.9 Å². The van der Waals surface area contributed by atoms with Gasteiger partial charge in [0.15, 0.2) is 0 Å². The van der Waals surface area contributed by atoms with E-state index in [4.69, 9.17) is 5.73 Å². The molecule has 20 heavy (non-hydrogen) atoms. The topological polar surface area (TPSA) is 46.3 Å². The van der Waals surface area contributed by atoms with Crippen LogP contribution >= 0.6 is 0 Å². The average Bonchev–Trinajstić information content (AvgIpc) is 2.53. The van der Waals surface area contributed by atoms with E-state index in [2.05, 4.69) is 0 Å². The van der Waals surface area contributed by atoms with Crippen molar-refractivity contribution in [2.75, 3.05) is 7.05 Å². The Morgan fingerprint density at radius 1 is 1.05 bits per heavy atom. The number of rotatable bonds is 5. The van der Waals surface area contributed by atoms with Gasteiger partial charge in [-0.1, -0.05) is 38.5 Å². The lowest BCUT2D eigenvalue weighted by atomic mass is 9.82. The van der Waals surface area contributed by atoms with Crippen molar-refractivity contribution in [2.24, 2.45) is 11.7 Å². The van der Waals surface area contributed by atoms with Crippen LogP contribution in [-0.2, 0) is 4.79 Å². The summed E-state index contributed by atoms with van der Waals surface area (Å²) in [5.41, 5.74) is 6.30. The summed E-state index contributed by atoms with van der Waals surface area (Å²) in [4.78, 5) is 14.3. The van der Waals surface area contributed by atoms with Gasteiger partial charge in [0.25, 0.3) is 0 Å². The van der Waals surface area contributed by atoms with Crippen LogP contribution in [0.1, 0.15) is 77.0 Å². The van der Waals surface area contributed by atoms with Gasteiger partial charge in [0.2, 0.25) is 5.91 Å². The van der Waals surface area contributed by atoms with Crippen LogP contribution in [0.15, 0.2) is 0 Å². The van der Waals surface area contributed by atoms with E-state index in [0.29, 0.717) is 24.3 Å². The third-order valence-corrected chi connectivity index (χ3v) is 5.46. The largest absolute Gasteiger partial charge is 0.343 e. The van der Waals surface area contributed by atoms with Gasteiger partial charge in [-0.2, -0.15) is 0 Å². The zero-order chi connectivity index (χ0) is 14.4. The van der Waals surface area contributed by atoms with Crippen molar-refractivity contribution in [1.29, 1.82) is 0 Å². The van der Waals surface area contributed by atoms with Crippen molar-refractivity contribution >= 4 is 5.91 Å². The average molecular weight is 280 g/mol. The molecule has 0 unspecified atom stereocenters. The predicted octanol–water partition coefficient (Wildman–Crippen LogP) is 3.47. The second-order valence-electron chi connectivity index (χ2n) is 6.90. The lowest BCUT2D eigenvalue weighted by Crippen LogP contribution is -2.39. The van der Waals surface area contributed by atoms with Gasteiger partial charge in [-0.3, -0.25) is 4.79 Å². The van der Waals surface area contributed by atoms with Crippen LogP contribution in [0.2, 0.25) is 0 Å². The summed E-state index contributed by atoms with van der Waals surface area (Å²) < 4.78 is 0. The summed E-state index contributed by atoms with van der Waals surface area (Å²) in [6.45, 7) is 0. The summed E-state index contributed by atoms with van der Waals surface area (Å²) >= 11 is 0. The van der Waals surface area contributed by atoms with Gasteiger partial charge in [-0.25, -0.2) is 0 Å². The number of nitrogens with two attached hydrogens (primary N) is 1. The first-order chi connectivity index (χ1) is 9.68. The van der Waals surface area contributed by atoms with Gasteiger partial charge < -0.3 is 10.6 Å². The van der Waals surface area contributed by atoms with Gasteiger partial charge in [0.05, 0.1) is 0 Å². The highest BCUT2D eigenvalue weighted by molar-refractivity contribution is 5.76. The van der Waals surface area contributed by atoms with Crippen molar-refractivity contribution in [3.05, 3.63) is 0 Å². The quantitative estimate of drug-likeness (QED) is 0.838. The van der Waals surface area contributed by atoms with Gasteiger partial charge in [0, 0.05) is 25.6 Å². The molecule has 3 heteroatoms. The molecule has 116 valence electrons. The van der Waals surface area contributed by atoms with Crippen molar-refractivity contribution in [2.45, 2.75) is 89.1 Å². The summed E-state index contributed by atoms with van der Waals surface area (Å²) in [6.07, 6.45) is 14.4. The summed E-state index contributed by atoms with van der Waals surface area (Å²) in [5, 5.41) is 0. The summed E-state index contributed by atoms with van der Waals surface area (Å²) in [6, 6.07) is 0.723. The Labute approximate surface area is 124 Å². The van der Waals surface area contributed by atoms with Crippen molar-refractivity contribution < 1.29 is 4.79 Å². The molecule has 1 atom stereocenters. The molecule has 0 spiro atoms. The molecule has 2 aliphatic carbocycles. The molecule has 0 aromatic carbocycles. The molecule has 0 bridgehead atoms. The van der Waals surface area contributed by atoms with E-state index >= 15 is 0 Å². The Morgan fingerprint density at radius 3 is 2.20 bits per heavy atom. The second-order valence-corrected chi connectivity index (χ2v) is 6.90. The Kier molecular flexibility index (Phi) is 6.34. The number of hydrogen-bond donors (Lipinski definition) is 1. The Bertz CT molecular complexity index is 293. The van der Waals surface area contributed by atoms with E-state index in [0.717, 1.165) is 6.42 Å². The monoisotopic (exact) mass is 280 g/mol. The minimum absolute atomic E-state index is 0.235. The molecular weight excluding hydrogens is 248 g/mol. The molecule has 0 radical (unpaired) electrons. The van der Waals surface area contributed by atoms with Crippen LogP contribution in [0, 0.1) is 5.92 Å². The Balaban J connectivity index is 1.70. The van der Waals surface area contributed by atoms with Gasteiger partial charge in [-0.05, 0) is 38.0 Å². The van der Waals surface area contributed by atoms with E-state index in [-0.39, 0.29) is 6.04 Å². The molecule has 0 saturated heterocycles. The lowest BCUT2D eigenvalue weighted by molar-refractivity contribution is -0.132. The molecule has 2 saturated carbocycles. The zero-order valence-electron chi connectivity index (χ0n) is 13.2. The maximum atomic E-state index is 12.3. The summed E-state index contributed by atoms with van der Waals surface area (Å²) in [7, 11) is 1.99. The van der Waals surface area contributed by atoms with E-state index < -0.39 is 0 Å². The van der Waals surface area contributed by atoms with Crippen LogP contribution in [0.3, 0.4) is 0 Å². The van der Waals surface area contributed by atoms with Crippen LogP contribution in [0.4, 0.5) is 0 Å². The fourth-order valence-corrected chi connectivity index (χ4v) is 3.94. The highest BCUT2D eigenvalue weighted by Gasteiger charge is 2.24. The lowest BCUT2D eigenvalue weighted by Gasteiger charge is -2.32. The van der Waals surface area contributed by atoms with Crippen molar-refractivity contribution in [1.82, 2.24) is 4.90 Å². The minimum Gasteiger partial charge on any atom is -0.343 e. The van der Waals surface area contributed by atoms with Crippen LogP contribution < -0.4 is 5.73 Å². The van der Waals surface area contributed by atoms with E-state index in [1.54, 1.807) is 0 Å². The second kappa shape index (κ2) is 8.02. The third-order valence-electron chi connectivity index (χ3n) is 5.46. The van der Waals surface area contributed by atoms with Gasteiger partial charge in [-0.15, -0.1) is 0 Å². The van der Waals surface area contributed by atoms with E-state index in [1.165, 1.54) is 64.2 Å². The van der Waals surface area contributed by atoms with Crippen LogP contribution in [0.5, 0.6) is 0 Å². The number of amides is 1. The third kappa shape index (κ3) is 4.47. The molecule has 2 aliphatic rings. The Morgan fingerprint density at radius 2 is 1.60 bits per heavy atom. The van der Waals surface area contributed by atoms with Crippen LogP contribution in [0.25, 0.3) is 0 Å². The molecule has 3 nitrogen and oxygen atoms in total. The van der Waals surface area contributed by atoms with E-state index in [1.807, 2.05) is 11.9 Å². The highest BCUT2D eigenvalue weighted by atomic mass is 16.2. The fraction of sp³-hybridized carbons (Fsp3) is 0.941. The standard InChI is InChI=1S/C17H32N2O/c1-19(15-10-6-3-7-11-15)17(20)13-12-16(18)14-8-4-2-5-9-14/h14-16H,2-13,18H2,1H3/t16-/m0/s1. The van der Waals surface area contributed by atoms with E-state index in [9.17, 15) is 4.79 Å². The molecular formula is C17H32N2O. The highest BCUT2D eigenvalue weighted by Crippen LogP contribution is 2.28. The number of carbonyl (C=O) groups is 1. The van der Waals surface area contributed by atoms with Gasteiger partial charge >= 0.3 is 0 Å². The molecule has 0 aromatic rings. The molecule has 2 fully saturated rings. The van der Waals surface area contributed by atoms with Crippen molar-refractivity contribution in [3.63, 3.8) is 0 Å². The first kappa shape index (κ1) is 15.8.